The van der Waals surface area contributed by atoms with Crippen LogP contribution in [0.1, 0.15) is 32.7 Å². The topological polar surface area (TPSA) is 276 Å². The first-order valence-corrected chi connectivity index (χ1v) is 14.0. The number of phosphoric ester groups is 1. The Kier molecular flexibility index (Phi) is 8.31. The van der Waals surface area contributed by atoms with Crippen molar-refractivity contribution in [2.45, 2.75) is 57.3 Å². The van der Waals surface area contributed by atoms with Gasteiger partial charge in [-0.1, -0.05) is 5.92 Å². The fourth-order valence-corrected chi connectivity index (χ4v) is 6.73. The van der Waals surface area contributed by atoms with Gasteiger partial charge in [-0.05, 0) is 33.8 Å². The third-order valence-corrected chi connectivity index (χ3v) is 8.94. The van der Waals surface area contributed by atoms with Gasteiger partial charge < -0.3 is 40.9 Å². The smallest absolute Gasteiger partial charge is 0.387 e. The van der Waals surface area contributed by atoms with E-state index in [1.807, 2.05) is 0 Å². The number of hydrogen-bond donors (Lipinski definition) is 7. The number of ether oxygens (including phenoxy) is 1. The first-order valence-electron chi connectivity index (χ1n) is 9.44. The highest BCUT2D eigenvalue weighted by Crippen LogP contribution is 2.67. The number of aliphatic hydroxyl groups excluding tert-OH is 1. The van der Waals surface area contributed by atoms with E-state index in [-0.39, 0.29) is 11.5 Å². The fraction of sp³-hybridized carbons (Fsp3) is 0.600. The molecular formula is C15H25N4O13P3. The van der Waals surface area contributed by atoms with Gasteiger partial charge in [0.25, 0.3) is 0 Å². The van der Waals surface area contributed by atoms with Crippen molar-refractivity contribution >= 4 is 29.3 Å². The molecule has 0 aliphatic carbocycles. The Balaban J connectivity index is 2.46. The predicted molar refractivity (Wildman–Crippen MR) is 117 cm³/mol. The minimum absolute atomic E-state index is 0.102. The summed E-state index contributed by atoms with van der Waals surface area (Å²) in [6, 6.07) is 1.32. The zero-order valence-corrected chi connectivity index (χ0v) is 21.4. The van der Waals surface area contributed by atoms with Gasteiger partial charge in [0.15, 0.2) is 11.8 Å². The molecule has 0 amide bonds. The Morgan fingerprint density at radius 2 is 1.80 bits per heavy atom. The van der Waals surface area contributed by atoms with E-state index in [1.165, 1.54) is 26.8 Å². The molecule has 35 heavy (non-hydrogen) atoms. The SMILES string of the molecule is CC#CC1(N)C(O)C(C)([C@H](C)OP(=O)(O)OP(=O)(O)OP(=O)(O)O)O[C@H]1n1c(C)cc(N)nc1=O. The van der Waals surface area contributed by atoms with Crippen LogP contribution in [-0.4, -0.2) is 57.6 Å². The molecule has 5 unspecified atom stereocenters. The molecular weight excluding hydrogens is 537 g/mol. The van der Waals surface area contributed by atoms with E-state index in [2.05, 4.69) is 25.4 Å². The molecule has 7 atom stereocenters. The van der Waals surface area contributed by atoms with Crippen LogP contribution in [0, 0.1) is 18.8 Å². The van der Waals surface area contributed by atoms with Gasteiger partial charge in [-0.15, -0.1) is 5.92 Å². The number of nitrogens with two attached hydrogens (primary N) is 2. The number of nitrogen functional groups attached to an aromatic ring is 1. The summed E-state index contributed by atoms with van der Waals surface area (Å²) >= 11 is 0. The molecule has 0 radical (unpaired) electrons. The molecule has 0 spiro atoms. The number of aromatic nitrogens is 2. The number of aliphatic hydroxyl groups is 1. The van der Waals surface area contributed by atoms with E-state index in [0.717, 1.165) is 11.5 Å². The van der Waals surface area contributed by atoms with Crippen molar-refractivity contribution in [2.24, 2.45) is 5.73 Å². The maximum atomic E-state index is 12.6. The van der Waals surface area contributed by atoms with Crippen LogP contribution in [0.25, 0.3) is 0 Å². The van der Waals surface area contributed by atoms with Crippen molar-refractivity contribution in [1.82, 2.24) is 9.55 Å². The van der Waals surface area contributed by atoms with E-state index in [4.69, 9.17) is 30.5 Å². The van der Waals surface area contributed by atoms with Crippen molar-refractivity contribution in [3.8, 4) is 11.8 Å². The lowest BCUT2D eigenvalue weighted by molar-refractivity contribution is -0.144. The second-order valence-electron chi connectivity index (χ2n) is 7.68. The van der Waals surface area contributed by atoms with Gasteiger partial charge in [-0.25, -0.2) is 18.5 Å². The summed E-state index contributed by atoms with van der Waals surface area (Å²) in [5.74, 6) is 4.95. The average molecular weight is 562 g/mol. The normalized spacial score (nSPS) is 31.1. The maximum Gasteiger partial charge on any atom is 0.490 e. The molecule has 198 valence electrons. The lowest BCUT2D eigenvalue weighted by Crippen LogP contribution is -2.59. The number of anilines is 1. The summed E-state index contributed by atoms with van der Waals surface area (Å²) < 4.78 is 53.6. The highest BCUT2D eigenvalue weighted by atomic mass is 31.3. The van der Waals surface area contributed by atoms with Crippen LogP contribution in [0.3, 0.4) is 0 Å². The summed E-state index contributed by atoms with van der Waals surface area (Å²) in [5, 5.41) is 11.1. The van der Waals surface area contributed by atoms with Gasteiger partial charge in [0.05, 0.1) is 6.10 Å². The third kappa shape index (κ3) is 6.46. The van der Waals surface area contributed by atoms with Gasteiger partial charge in [-0.3, -0.25) is 9.09 Å². The number of nitrogens with zero attached hydrogens (tertiary/aromatic N) is 2. The molecule has 0 saturated carbocycles. The molecule has 1 aromatic rings. The average Bonchev–Trinajstić information content (AvgIpc) is 2.80. The monoisotopic (exact) mass is 562 g/mol. The minimum atomic E-state index is -5.79. The molecule has 1 saturated heterocycles. The molecule has 1 aromatic heterocycles. The standard InChI is InChI=1S/C15H25N4O13P3/c1-5-6-15(17)11(20)14(4,29-12(15)19-8(2)7-10(16)18-13(19)21)9(3)30-34(25,26)32-35(27,28)31-33(22,23)24/h7,9,11-12,20H,17H2,1-4H3,(H,25,26)(H,27,28)(H2,16,18,21)(H2,22,23,24)/t9-,11?,12+,14?,15?/m0/s1. The molecule has 1 fully saturated rings. The number of rotatable bonds is 8. The first kappa shape index (κ1) is 29.8. The second-order valence-corrected chi connectivity index (χ2v) is 12.1. The fourth-order valence-electron chi connectivity index (χ4n) is 3.46. The summed E-state index contributed by atoms with van der Waals surface area (Å²) in [5.41, 5.74) is 7.19. The van der Waals surface area contributed by atoms with E-state index in [1.54, 1.807) is 0 Å². The number of hydrogen-bond acceptors (Lipinski definition) is 12. The van der Waals surface area contributed by atoms with E-state index < -0.39 is 58.7 Å². The Morgan fingerprint density at radius 1 is 1.23 bits per heavy atom. The predicted octanol–water partition coefficient (Wildman–Crippen LogP) is -0.765. The largest absolute Gasteiger partial charge is 0.490 e. The van der Waals surface area contributed by atoms with Crippen molar-refractivity contribution < 1.29 is 56.3 Å². The van der Waals surface area contributed by atoms with Crippen LogP contribution in [0.15, 0.2) is 10.9 Å². The summed E-state index contributed by atoms with van der Waals surface area (Å²) in [7, 11) is -17.0. The Morgan fingerprint density at radius 3 is 2.29 bits per heavy atom. The second kappa shape index (κ2) is 9.77. The van der Waals surface area contributed by atoms with Crippen LogP contribution in [-0.2, 0) is 31.6 Å². The molecule has 1 aliphatic rings. The van der Waals surface area contributed by atoms with Crippen LogP contribution in [0.4, 0.5) is 5.82 Å². The van der Waals surface area contributed by atoms with Crippen molar-refractivity contribution in [3.63, 3.8) is 0 Å². The molecule has 0 aromatic carbocycles. The molecule has 0 bridgehead atoms. The number of phosphoric acid groups is 3. The number of aryl methyl sites for hydroxylation is 1. The Labute approximate surface area is 198 Å². The van der Waals surface area contributed by atoms with Gasteiger partial charge in [0, 0.05) is 5.69 Å². The highest BCUT2D eigenvalue weighted by Gasteiger charge is 2.64. The minimum Gasteiger partial charge on any atom is -0.387 e. The first-order chi connectivity index (χ1) is 15.7. The molecule has 17 nitrogen and oxygen atoms in total. The Hall–Kier alpha value is -1.47. The molecule has 9 N–H and O–H groups in total. The van der Waals surface area contributed by atoms with E-state index >= 15 is 0 Å². The molecule has 1 aliphatic heterocycles. The third-order valence-electron chi connectivity index (χ3n) is 5.03. The summed E-state index contributed by atoms with van der Waals surface area (Å²) in [4.78, 5) is 52.6. The molecule has 20 heteroatoms. The van der Waals surface area contributed by atoms with Gasteiger partial charge in [0.2, 0.25) is 0 Å². The Bertz CT molecular complexity index is 1250. The van der Waals surface area contributed by atoms with Crippen LogP contribution in [0.2, 0.25) is 0 Å². The lowest BCUT2D eigenvalue weighted by Gasteiger charge is -2.35. The van der Waals surface area contributed by atoms with Crippen LogP contribution < -0.4 is 17.2 Å². The van der Waals surface area contributed by atoms with Gasteiger partial charge >= 0.3 is 29.2 Å². The highest BCUT2D eigenvalue weighted by molar-refractivity contribution is 7.66. The van der Waals surface area contributed by atoms with Crippen LogP contribution in [0.5, 0.6) is 0 Å². The lowest BCUT2D eigenvalue weighted by atomic mass is 9.82. The van der Waals surface area contributed by atoms with E-state index in [0.29, 0.717) is 0 Å². The maximum absolute atomic E-state index is 12.6. The van der Waals surface area contributed by atoms with Crippen molar-refractivity contribution in [2.75, 3.05) is 5.73 Å². The summed E-state index contributed by atoms with van der Waals surface area (Å²) in [6.07, 6.45) is -5.03. The zero-order valence-electron chi connectivity index (χ0n) is 18.7. The summed E-state index contributed by atoms with van der Waals surface area (Å²) in [6.45, 7) is 5.12. The van der Waals surface area contributed by atoms with Crippen LogP contribution >= 0.6 is 23.5 Å². The van der Waals surface area contributed by atoms with Gasteiger partial charge in [-0.2, -0.15) is 13.6 Å². The van der Waals surface area contributed by atoms with Crippen molar-refractivity contribution in [3.05, 3.63) is 22.2 Å². The quantitative estimate of drug-likeness (QED) is 0.151. The zero-order chi connectivity index (χ0) is 27.2. The van der Waals surface area contributed by atoms with Gasteiger partial charge in [0.1, 0.15) is 17.5 Å². The van der Waals surface area contributed by atoms with Crippen molar-refractivity contribution in [1.29, 1.82) is 0 Å². The van der Waals surface area contributed by atoms with E-state index in [9.17, 15) is 33.4 Å². The molecule has 2 rings (SSSR count). The molecule has 2 heterocycles.